The number of hydrogen-bond donors (Lipinski definition) is 1. The minimum atomic E-state index is 0.347. The van der Waals surface area contributed by atoms with Crippen LogP contribution in [0.4, 0.5) is 0 Å². The lowest BCUT2D eigenvalue weighted by Crippen LogP contribution is -2.33. The summed E-state index contributed by atoms with van der Waals surface area (Å²) >= 11 is 1.97. The van der Waals surface area contributed by atoms with Crippen molar-refractivity contribution in [3.63, 3.8) is 0 Å². The summed E-state index contributed by atoms with van der Waals surface area (Å²) in [5.41, 5.74) is 0.347. The van der Waals surface area contributed by atoms with Crippen molar-refractivity contribution >= 4 is 11.8 Å². The predicted molar refractivity (Wildman–Crippen MR) is 62.4 cm³/mol. The van der Waals surface area contributed by atoms with E-state index in [9.17, 15) is 0 Å². The van der Waals surface area contributed by atoms with Gasteiger partial charge in [-0.2, -0.15) is 17.0 Å². The summed E-state index contributed by atoms with van der Waals surface area (Å²) in [5.74, 6) is 2.37. The highest BCUT2D eigenvalue weighted by Gasteiger charge is 2.42. The molecule has 0 amide bonds. The molecule has 0 aromatic carbocycles. The van der Waals surface area contributed by atoms with E-state index in [2.05, 4.69) is 25.2 Å². The van der Waals surface area contributed by atoms with E-state index in [1.54, 1.807) is 0 Å². The van der Waals surface area contributed by atoms with Crippen LogP contribution in [-0.4, -0.2) is 24.1 Å². The molecule has 1 aliphatic carbocycles. The van der Waals surface area contributed by atoms with Crippen molar-refractivity contribution in [3.05, 3.63) is 0 Å². The summed E-state index contributed by atoms with van der Waals surface area (Å²) in [7, 11) is 0. The normalized spacial score (nSPS) is 20.1. The SMILES string of the molecule is CCSCC(C)NCC1(CC#N)CC1. The second kappa shape index (κ2) is 5.63. The maximum atomic E-state index is 8.67. The van der Waals surface area contributed by atoms with Gasteiger partial charge in [-0.1, -0.05) is 6.92 Å². The molecule has 14 heavy (non-hydrogen) atoms. The minimum absolute atomic E-state index is 0.347. The third-order valence-electron chi connectivity index (χ3n) is 2.81. The van der Waals surface area contributed by atoms with Gasteiger partial charge in [-0.3, -0.25) is 0 Å². The molecule has 0 spiro atoms. The van der Waals surface area contributed by atoms with Crippen molar-refractivity contribution in [2.45, 2.75) is 39.2 Å². The first kappa shape index (κ1) is 11.9. The Kier molecular flexibility index (Phi) is 4.77. The van der Waals surface area contributed by atoms with Gasteiger partial charge in [-0.15, -0.1) is 0 Å². The average Bonchev–Trinajstić information content (AvgIpc) is 2.93. The predicted octanol–water partition coefficient (Wildman–Crippen LogP) is 2.41. The van der Waals surface area contributed by atoms with E-state index < -0.39 is 0 Å². The van der Waals surface area contributed by atoms with Crippen LogP contribution in [0.25, 0.3) is 0 Å². The number of nitriles is 1. The molecule has 1 aliphatic rings. The third kappa shape index (κ3) is 3.89. The van der Waals surface area contributed by atoms with Gasteiger partial charge in [0, 0.05) is 24.8 Å². The molecular weight excluding hydrogens is 192 g/mol. The van der Waals surface area contributed by atoms with Gasteiger partial charge in [-0.05, 0) is 30.9 Å². The number of nitrogens with one attached hydrogen (secondary N) is 1. The Balaban J connectivity index is 2.11. The Labute approximate surface area is 91.4 Å². The van der Waals surface area contributed by atoms with Gasteiger partial charge in [0.1, 0.15) is 0 Å². The summed E-state index contributed by atoms with van der Waals surface area (Å²) in [6.45, 7) is 5.45. The maximum absolute atomic E-state index is 8.67. The van der Waals surface area contributed by atoms with Crippen molar-refractivity contribution in [1.29, 1.82) is 5.26 Å². The van der Waals surface area contributed by atoms with Crippen LogP contribution in [0.2, 0.25) is 0 Å². The first-order valence-corrected chi connectivity index (χ1v) is 6.56. The number of thioether (sulfide) groups is 1. The van der Waals surface area contributed by atoms with Gasteiger partial charge in [0.2, 0.25) is 0 Å². The molecule has 1 N–H and O–H groups in total. The first-order chi connectivity index (χ1) is 6.72. The fourth-order valence-corrected chi connectivity index (χ4v) is 2.21. The number of rotatable bonds is 7. The Hall–Kier alpha value is -0.200. The zero-order valence-corrected chi connectivity index (χ0v) is 9.99. The molecule has 80 valence electrons. The molecule has 0 aromatic heterocycles. The lowest BCUT2D eigenvalue weighted by Gasteiger charge is -2.17. The lowest BCUT2D eigenvalue weighted by atomic mass is 10.0. The van der Waals surface area contributed by atoms with Gasteiger partial charge in [0.15, 0.2) is 0 Å². The fourth-order valence-electron chi connectivity index (χ4n) is 1.50. The number of nitrogens with zero attached hydrogens (tertiary/aromatic N) is 1. The molecule has 1 rings (SSSR count). The fraction of sp³-hybridized carbons (Fsp3) is 0.909. The summed E-state index contributed by atoms with van der Waals surface area (Å²) in [4.78, 5) is 0. The zero-order chi connectivity index (χ0) is 10.4. The Morgan fingerprint density at radius 1 is 1.57 bits per heavy atom. The highest BCUT2D eigenvalue weighted by atomic mass is 32.2. The van der Waals surface area contributed by atoms with E-state index in [1.165, 1.54) is 24.3 Å². The molecule has 3 heteroatoms. The molecule has 0 bridgehead atoms. The summed E-state index contributed by atoms with van der Waals surface area (Å²) in [6, 6.07) is 2.87. The molecule has 1 atom stereocenters. The molecule has 2 nitrogen and oxygen atoms in total. The van der Waals surface area contributed by atoms with E-state index in [0.717, 1.165) is 13.0 Å². The van der Waals surface area contributed by atoms with E-state index >= 15 is 0 Å². The van der Waals surface area contributed by atoms with E-state index in [4.69, 9.17) is 5.26 Å². The van der Waals surface area contributed by atoms with E-state index in [-0.39, 0.29) is 0 Å². The Bertz CT molecular complexity index is 206. The van der Waals surface area contributed by atoms with Gasteiger partial charge >= 0.3 is 0 Å². The van der Waals surface area contributed by atoms with Crippen LogP contribution in [0.3, 0.4) is 0 Å². The van der Waals surface area contributed by atoms with Crippen molar-refractivity contribution in [2.24, 2.45) is 5.41 Å². The van der Waals surface area contributed by atoms with Gasteiger partial charge in [-0.25, -0.2) is 0 Å². The summed E-state index contributed by atoms with van der Waals surface area (Å²) < 4.78 is 0. The van der Waals surface area contributed by atoms with Crippen LogP contribution < -0.4 is 5.32 Å². The average molecular weight is 212 g/mol. The largest absolute Gasteiger partial charge is 0.313 e. The first-order valence-electron chi connectivity index (χ1n) is 5.40. The standard InChI is InChI=1S/C11H20N2S/c1-3-14-8-10(2)13-9-11(4-5-11)6-7-12/h10,13H,3-6,8-9H2,1-2H3. The van der Waals surface area contributed by atoms with E-state index in [1.807, 2.05) is 11.8 Å². The molecule has 0 aliphatic heterocycles. The molecule has 0 heterocycles. The second-order valence-corrected chi connectivity index (χ2v) is 5.60. The summed E-state index contributed by atoms with van der Waals surface area (Å²) in [5, 5.41) is 12.2. The smallest absolute Gasteiger partial charge is 0.0628 e. The highest BCUT2D eigenvalue weighted by molar-refractivity contribution is 7.99. The minimum Gasteiger partial charge on any atom is -0.313 e. The Morgan fingerprint density at radius 3 is 2.79 bits per heavy atom. The monoisotopic (exact) mass is 212 g/mol. The number of hydrogen-bond acceptors (Lipinski definition) is 3. The van der Waals surface area contributed by atoms with Gasteiger partial charge in [0.25, 0.3) is 0 Å². The summed E-state index contributed by atoms with van der Waals surface area (Å²) in [6.07, 6.45) is 3.20. The van der Waals surface area contributed by atoms with Crippen molar-refractivity contribution < 1.29 is 0 Å². The topological polar surface area (TPSA) is 35.8 Å². The van der Waals surface area contributed by atoms with Gasteiger partial charge in [0.05, 0.1) is 6.07 Å². The van der Waals surface area contributed by atoms with Crippen molar-refractivity contribution in [2.75, 3.05) is 18.1 Å². The van der Waals surface area contributed by atoms with Crippen LogP contribution in [0.5, 0.6) is 0 Å². The van der Waals surface area contributed by atoms with Gasteiger partial charge < -0.3 is 5.32 Å². The maximum Gasteiger partial charge on any atom is 0.0628 e. The highest BCUT2D eigenvalue weighted by Crippen LogP contribution is 2.47. The van der Waals surface area contributed by atoms with Crippen LogP contribution in [0.1, 0.15) is 33.1 Å². The van der Waals surface area contributed by atoms with Crippen LogP contribution in [0.15, 0.2) is 0 Å². The van der Waals surface area contributed by atoms with E-state index in [0.29, 0.717) is 11.5 Å². The van der Waals surface area contributed by atoms with Crippen LogP contribution in [0, 0.1) is 16.7 Å². The molecule has 1 fully saturated rings. The quantitative estimate of drug-likeness (QED) is 0.704. The molecular formula is C11H20N2S. The zero-order valence-electron chi connectivity index (χ0n) is 9.18. The molecule has 1 unspecified atom stereocenters. The van der Waals surface area contributed by atoms with Crippen molar-refractivity contribution in [1.82, 2.24) is 5.32 Å². The Morgan fingerprint density at radius 2 is 2.29 bits per heavy atom. The molecule has 0 aromatic rings. The second-order valence-electron chi connectivity index (χ2n) is 4.28. The molecule has 0 radical (unpaired) electrons. The molecule has 0 saturated heterocycles. The van der Waals surface area contributed by atoms with Crippen LogP contribution in [-0.2, 0) is 0 Å². The lowest BCUT2D eigenvalue weighted by molar-refractivity contribution is 0.441. The molecule has 1 saturated carbocycles. The van der Waals surface area contributed by atoms with Crippen molar-refractivity contribution in [3.8, 4) is 6.07 Å². The van der Waals surface area contributed by atoms with Crippen LogP contribution >= 0.6 is 11.8 Å². The third-order valence-corrected chi connectivity index (χ3v) is 3.95.